The van der Waals surface area contributed by atoms with Gasteiger partial charge < -0.3 is 9.32 Å². The molecule has 0 saturated heterocycles. The topological polar surface area (TPSA) is 100 Å². The first-order chi connectivity index (χ1) is 7.95. The Balaban J connectivity index is 2.75. The van der Waals surface area contributed by atoms with Gasteiger partial charge in [-0.15, -0.1) is 0 Å². The molecule has 0 fully saturated rings. The van der Waals surface area contributed by atoms with Gasteiger partial charge in [-0.1, -0.05) is 0 Å². The molecular weight excluding hydrogens is 226 g/mol. The Morgan fingerprint density at radius 1 is 1.71 bits per heavy atom. The van der Waals surface area contributed by atoms with Crippen molar-refractivity contribution in [3.63, 3.8) is 0 Å². The summed E-state index contributed by atoms with van der Waals surface area (Å²) in [6.07, 6.45) is 0. The summed E-state index contributed by atoms with van der Waals surface area (Å²) in [5.41, 5.74) is 0. The maximum absolute atomic E-state index is 11.7. The van der Waals surface area contributed by atoms with Crippen LogP contribution in [-0.4, -0.2) is 29.3 Å². The predicted molar refractivity (Wildman–Crippen MR) is 57.1 cm³/mol. The SMILES string of the molecule is CC(C#N)CN(C)C(=O)c1ccc([N+](=O)[O-])o1. The van der Waals surface area contributed by atoms with E-state index in [-0.39, 0.29) is 18.2 Å². The fraction of sp³-hybridized carbons (Fsp3) is 0.400. The van der Waals surface area contributed by atoms with E-state index >= 15 is 0 Å². The lowest BCUT2D eigenvalue weighted by Crippen LogP contribution is -2.30. The number of carbonyl (C=O) groups is 1. The number of nitriles is 1. The minimum absolute atomic E-state index is 0.107. The van der Waals surface area contributed by atoms with Crippen LogP contribution in [0.3, 0.4) is 0 Å². The van der Waals surface area contributed by atoms with Crippen molar-refractivity contribution in [2.24, 2.45) is 5.92 Å². The molecule has 90 valence electrons. The van der Waals surface area contributed by atoms with Gasteiger partial charge in [-0.3, -0.25) is 14.9 Å². The first kappa shape index (κ1) is 12.7. The van der Waals surface area contributed by atoms with Crippen molar-refractivity contribution >= 4 is 11.8 Å². The van der Waals surface area contributed by atoms with Crippen LogP contribution in [-0.2, 0) is 0 Å². The molecule has 0 aliphatic heterocycles. The van der Waals surface area contributed by atoms with Crippen molar-refractivity contribution in [3.05, 3.63) is 28.0 Å². The second-order valence-electron chi connectivity index (χ2n) is 3.61. The smallest absolute Gasteiger partial charge is 0.395 e. The van der Waals surface area contributed by atoms with Gasteiger partial charge in [0.2, 0.25) is 0 Å². The number of amides is 1. The summed E-state index contributed by atoms with van der Waals surface area (Å²) in [7, 11) is 1.50. The van der Waals surface area contributed by atoms with E-state index in [1.54, 1.807) is 6.92 Å². The number of rotatable bonds is 4. The highest BCUT2D eigenvalue weighted by molar-refractivity contribution is 5.91. The molecule has 0 aliphatic carbocycles. The molecule has 1 amide bonds. The van der Waals surface area contributed by atoms with Crippen LogP contribution in [0.4, 0.5) is 5.88 Å². The molecule has 1 rings (SSSR count). The van der Waals surface area contributed by atoms with Crippen molar-refractivity contribution in [1.82, 2.24) is 4.90 Å². The zero-order chi connectivity index (χ0) is 13.0. The molecule has 0 saturated carbocycles. The highest BCUT2D eigenvalue weighted by Gasteiger charge is 2.21. The number of carbonyl (C=O) groups excluding carboxylic acids is 1. The van der Waals surface area contributed by atoms with Gasteiger partial charge in [0.05, 0.1) is 18.1 Å². The second kappa shape index (κ2) is 5.12. The lowest BCUT2D eigenvalue weighted by molar-refractivity contribution is -0.402. The number of nitrogens with zero attached hydrogens (tertiary/aromatic N) is 3. The molecule has 1 aromatic rings. The van der Waals surface area contributed by atoms with Crippen LogP contribution in [0.1, 0.15) is 17.5 Å². The van der Waals surface area contributed by atoms with Gasteiger partial charge in [-0.25, -0.2) is 0 Å². The summed E-state index contributed by atoms with van der Waals surface area (Å²) in [6.45, 7) is 1.91. The number of hydrogen-bond acceptors (Lipinski definition) is 5. The van der Waals surface area contributed by atoms with Crippen molar-refractivity contribution < 1.29 is 14.1 Å². The maximum atomic E-state index is 11.7. The van der Waals surface area contributed by atoms with Crippen LogP contribution in [0.25, 0.3) is 0 Å². The van der Waals surface area contributed by atoms with Crippen molar-refractivity contribution in [3.8, 4) is 6.07 Å². The van der Waals surface area contributed by atoms with Crippen LogP contribution in [0.5, 0.6) is 0 Å². The van der Waals surface area contributed by atoms with E-state index in [1.165, 1.54) is 18.0 Å². The number of hydrogen-bond donors (Lipinski definition) is 0. The number of nitro groups is 1. The zero-order valence-corrected chi connectivity index (χ0v) is 9.41. The summed E-state index contributed by atoms with van der Waals surface area (Å²) in [4.78, 5) is 22.7. The molecule has 17 heavy (non-hydrogen) atoms. The van der Waals surface area contributed by atoms with E-state index < -0.39 is 16.7 Å². The third kappa shape index (κ3) is 3.04. The zero-order valence-electron chi connectivity index (χ0n) is 9.41. The molecule has 1 heterocycles. The summed E-state index contributed by atoms with van der Waals surface area (Å²) in [6, 6.07) is 4.36. The molecule has 7 heteroatoms. The van der Waals surface area contributed by atoms with E-state index in [1.807, 2.05) is 6.07 Å². The van der Waals surface area contributed by atoms with Gasteiger partial charge in [0.25, 0.3) is 5.91 Å². The molecule has 1 atom stereocenters. The Bertz CT molecular complexity index is 474. The molecule has 0 spiro atoms. The average Bonchev–Trinajstić information content (AvgIpc) is 2.77. The average molecular weight is 237 g/mol. The van der Waals surface area contributed by atoms with Crippen molar-refractivity contribution in [1.29, 1.82) is 5.26 Å². The second-order valence-corrected chi connectivity index (χ2v) is 3.61. The minimum atomic E-state index is -0.714. The maximum Gasteiger partial charge on any atom is 0.433 e. The standard InChI is InChI=1S/C10H11N3O4/c1-7(5-11)6-12(2)10(14)8-3-4-9(17-8)13(15)16/h3-4,7H,6H2,1-2H3. The Morgan fingerprint density at radius 2 is 2.35 bits per heavy atom. The van der Waals surface area contributed by atoms with Gasteiger partial charge in [-0.05, 0) is 13.0 Å². The molecule has 7 nitrogen and oxygen atoms in total. The van der Waals surface area contributed by atoms with E-state index in [0.29, 0.717) is 0 Å². The first-order valence-corrected chi connectivity index (χ1v) is 4.85. The monoisotopic (exact) mass is 237 g/mol. The molecule has 0 aromatic carbocycles. The van der Waals surface area contributed by atoms with Crippen LogP contribution >= 0.6 is 0 Å². The van der Waals surface area contributed by atoms with Crippen LogP contribution < -0.4 is 0 Å². The minimum Gasteiger partial charge on any atom is -0.395 e. The molecule has 0 N–H and O–H groups in total. The summed E-state index contributed by atoms with van der Waals surface area (Å²) in [5.74, 6) is -1.38. The molecule has 0 radical (unpaired) electrons. The third-order valence-corrected chi connectivity index (χ3v) is 2.10. The van der Waals surface area contributed by atoms with Crippen LogP contribution in [0.15, 0.2) is 16.5 Å². The van der Waals surface area contributed by atoms with E-state index in [0.717, 1.165) is 6.07 Å². The molecular formula is C10H11N3O4. The normalized spacial score (nSPS) is 11.6. The Labute approximate surface area is 97.4 Å². The van der Waals surface area contributed by atoms with Gasteiger partial charge >= 0.3 is 5.88 Å². The van der Waals surface area contributed by atoms with Crippen molar-refractivity contribution in [2.75, 3.05) is 13.6 Å². The lowest BCUT2D eigenvalue weighted by Gasteiger charge is -2.16. The first-order valence-electron chi connectivity index (χ1n) is 4.85. The Morgan fingerprint density at radius 3 is 2.82 bits per heavy atom. The fourth-order valence-corrected chi connectivity index (χ4v) is 1.26. The van der Waals surface area contributed by atoms with E-state index in [4.69, 9.17) is 9.68 Å². The largest absolute Gasteiger partial charge is 0.433 e. The number of furan rings is 1. The van der Waals surface area contributed by atoms with Gasteiger partial charge in [0.15, 0.2) is 5.76 Å². The van der Waals surface area contributed by atoms with Gasteiger partial charge in [0, 0.05) is 13.6 Å². The van der Waals surface area contributed by atoms with E-state index in [2.05, 4.69) is 0 Å². The Kier molecular flexibility index (Phi) is 3.82. The molecule has 0 aliphatic rings. The van der Waals surface area contributed by atoms with Gasteiger partial charge in [0.1, 0.15) is 4.92 Å². The Hall–Kier alpha value is -2.36. The summed E-state index contributed by atoms with van der Waals surface area (Å²) < 4.78 is 4.77. The highest BCUT2D eigenvalue weighted by atomic mass is 16.6. The lowest BCUT2D eigenvalue weighted by atomic mass is 10.2. The van der Waals surface area contributed by atoms with Crippen molar-refractivity contribution in [2.45, 2.75) is 6.92 Å². The predicted octanol–water partition coefficient (Wildman–Crippen LogP) is 1.42. The molecule has 1 aromatic heterocycles. The quantitative estimate of drug-likeness (QED) is 0.582. The molecule has 0 bridgehead atoms. The van der Waals surface area contributed by atoms with Gasteiger partial charge in [-0.2, -0.15) is 5.26 Å². The summed E-state index contributed by atoms with van der Waals surface area (Å²) in [5, 5.41) is 19.0. The highest BCUT2D eigenvalue weighted by Crippen LogP contribution is 2.17. The van der Waals surface area contributed by atoms with E-state index in [9.17, 15) is 14.9 Å². The third-order valence-electron chi connectivity index (χ3n) is 2.10. The summed E-state index contributed by atoms with van der Waals surface area (Å²) >= 11 is 0. The fourth-order valence-electron chi connectivity index (χ4n) is 1.26. The van der Waals surface area contributed by atoms with Crippen LogP contribution in [0.2, 0.25) is 0 Å². The molecule has 1 unspecified atom stereocenters. The van der Waals surface area contributed by atoms with Crippen LogP contribution in [0, 0.1) is 27.4 Å².